The largest absolute Gasteiger partial charge is 0.377 e. The summed E-state index contributed by atoms with van der Waals surface area (Å²) in [5, 5.41) is 0. The van der Waals surface area contributed by atoms with E-state index in [0.717, 1.165) is 5.56 Å². The third kappa shape index (κ3) is 4.29. The van der Waals surface area contributed by atoms with E-state index in [1.165, 1.54) is 38.2 Å². The molecule has 0 spiro atoms. The molecule has 3 heteroatoms. The van der Waals surface area contributed by atoms with Gasteiger partial charge in [-0.3, -0.25) is 0 Å². The van der Waals surface area contributed by atoms with Gasteiger partial charge >= 0.3 is 0 Å². The number of hydrogen-bond acceptors (Lipinski definition) is 2. The minimum atomic E-state index is -0.194. The Morgan fingerprint density at radius 1 is 1.30 bits per heavy atom. The summed E-state index contributed by atoms with van der Waals surface area (Å²) < 4.78 is 19.2. The molecule has 2 atom stereocenters. The van der Waals surface area contributed by atoms with Crippen molar-refractivity contribution in [3.8, 4) is 0 Å². The summed E-state index contributed by atoms with van der Waals surface area (Å²) in [6.07, 6.45) is 7.08. The summed E-state index contributed by atoms with van der Waals surface area (Å²) in [5.74, 6) is 0.368. The maximum absolute atomic E-state index is 13.2. The van der Waals surface area contributed by atoms with E-state index in [4.69, 9.17) is 10.5 Å². The molecule has 2 N–H and O–H groups in total. The molecule has 0 heterocycles. The Kier molecular flexibility index (Phi) is 5.99. The number of rotatable bonds is 6. The number of hydrogen-bond donors (Lipinski definition) is 1. The molecule has 0 aliphatic heterocycles. The zero-order valence-corrected chi connectivity index (χ0v) is 12.4. The Morgan fingerprint density at radius 3 is 2.70 bits per heavy atom. The van der Waals surface area contributed by atoms with Crippen molar-refractivity contribution in [2.75, 3.05) is 6.61 Å². The molecular formula is C17H26FNO. The van der Waals surface area contributed by atoms with E-state index >= 15 is 0 Å². The Morgan fingerprint density at radius 2 is 2.05 bits per heavy atom. The molecule has 0 amide bonds. The molecule has 0 bridgehead atoms. The number of halogens is 1. The molecular weight excluding hydrogens is 253 g/mol. The summed E-state index contributed by atoms with van der Waals surface area (Å²) in [6.45, 7) is 2.71. The fourth-order valence-corrected chi connectivity index (χ4v) is 3.32. The Bertz CT molecular complexity index is 404. The van der Waals surface area contributed by atoms with E-state index in [0.29, 0.717) is 18.9 Å². The average molecular weight is 279 g/mol. The van der Waals surface area contributed by atoms with Crippen LogP contribution in [0.2, 0.25) is 0 Å². The topological polar surface area (TPSA) is 35.2 Å². The Hall–Kier alpha value is -0.930. The van der Waals surface area contributed by atoms with E-state index in [1.807, 2.05) is 13.0 Å². The van der Waals surface area contributed by atoms with Gasteiger partial charge in [0.25, 0.3) is 0 Å². The highest BCUT2D eigenvalue weighted by molar-refractivity contribution is 5.17. The first kappa shape index (κ1) is 15.5. The van der Waals surface area contributed by atoms with E-state index in [-0.39, 0.29) is 18.0 Å². The standard InChI is InChI=1S/C17H26FNO/c1-2-20-17(14-8-4-3-5-9-14)16(19)12-13-7-6-10-15(18)11-13/h6-7,10-11,14,16-17H,2-5,8-9,12,19H2,1H3. The summed E-state index contributed by atoms with van der Waals surface area (Å²) in [5.41, 5.74) is 7.33. The van der Waals surface area contributed by atoms with Gasteiger partial charge in [0.2, 0.25) is 0 Å². The van der Waals surface area contributed by atoms with Crippen molar-refractivity contribution in [1.29, 1.82) is 0 Å². The molecule has 0 saturated heterocycles. The van der Waals surface area contributed by atoms with E-state index < -0.39 is 0 Å². The van der Waals surface area contributed by atoms with Gasteiger partial charge in [0.05, 0.1) is 6.10 Å². The molecule has 0 aromatic heterocycles. The Balaban J connectivity index is 2.00. The van der Waals surface area contributed by atoms with Gasteiger partial charge in [0.1, 0.15) is 5.82 Å². The molecule has 1 fully saturated rings. The van der Waals surface area contributed by atoms with Crippen molar-refractivity contribution in [1.82, 2.24) is 0 Å². The van der Waals surface area contributed by atoms with Crippen LogP contribution in [0.3, 0.4) is 0 Å². The fraction of sp³-hybridized carbons (Fsp3) is 0.647. The molecule has 1 aromatic carbocycles. The van der Waals surface area contributed by atoms with Crippen LogP contribution < -0.4 is 5.73 Å². The lowest BCUT2D eigenvalue weighted by molar-refractivity contribution is -0.00913. The third-order valence-electron chi connectivity index (χ3n) is 4.26. The minimum absolute atomic E-state index is 0.0557. The molecule has 0 radical (unpaired) electrons. The van der Waals surface area contributed by atoms with Gasteiger partial charge in [-0.25, -0.2) is 4.39 Å². The summed E-state index contributed by atoms with van der Waals surface area (Å²) >= 11 is 0. The predicted molar refractivity (Wildman–Crippen MR) is 80.1 cm³/mol. The monoisotopic (exact) mass is 279 g/mol. The highest BCUT2D eigenvalue weighted by Crippen LogP contribution is 2.30. The van der Waals surface area contributed by atoms with Crippen molar-refractivity contribution in [3.05, 3.63) is 35.6 Å². The van der Waals surface area contributed by atoms with Gasteiger partial charge in [0.15, 0.2) is 0 Å². The molecule has 2 nitrogen and oxygen atoms in total. The molecule has 1 aromatic rings. The van der Waals surface area contributed by atoms with Crippen molar-refractivity contribution in [3.63, 3.8) is 0 Å². The van der Waals surface area contributed by atoms with Crippen LogP contribution in [0.25, 0.3) is 0 Å². The summed E-state index contributed by atoms with van der Waals surface area (Å²) in [6, 6.07) is 6.67. The number of ether oxygens (including phenoxy) is 1. The lowest BCUT2D eigenvalue weighted by atomic mass is 9.81. The molecule has 2 unspecified atom stereocenters. The SMILES string of the molecule is CCOC(C(N)Cc1cccc(F)c1)C1CCCCC1. The minimum Gasteiger partial charge on any atom is -0.377 e. The van der Waals surface area contributed by atoms with Crippen molar-refractivity contribution < 1.29 is 9.13 Å². The number of nitrogens with two attached hydrogens (primary N) is 1. The zero-order valence-electron chi connectivity index (χ0n) is 12.4. The first-order valence-electron chi connectivity index (χ1n) is 7.82. The van der Waals surface area contributed by atoms with Crippen LogP contribution in [0.1, 0.15) is 44.6 Å². The molecule has 1 aliphatic rings. The van der Waals surface area contributed by atoms with Crippen LogP contribution in [0.15, 0.2) is 24.3 Å². The third-order valence-corrected chi connectivity index (χ3v) is 4.26. The summed E-state index contributed by atoms with van der Waals surface area (Å²) in [4.78, 5) is 0. The molecule has 1 saturated carbocycles. The quantitative estimate of drug-likeness (QED) is 0.862. The van der Waals surface area contributed by atoms with E-state index in [9.17, 15) is 4.39 Å². The van der Waals surface area contributed by atoms with Crippen molar-refractivity contribution >= 4 is 0 Å². The van der Waals surface area contributed by atoms with Crippen LogP contribution >= 0.6 is 0 Å². The van der Waals surface area contributed by atoms with Crippen molar-refractivity contribution in [2.24, 2.45) is 11.7 Å². The second kappa shape index (κ2) is 7.75. The highest BCUT2D eigenvalue weighted by Gasteiger charge is 2.29. The first-order chi connectivity index (χ1) is 9.70. The van der Waals surface area contributed by atoms with Crippen LogP contribution in [0, 0.1) is 11.7 Å². The lowest BCUT2D eigenvalue weighted by Crippen LogP contribution is -2.44. The molecule has 20 heavy (non-hydrogen) atoms. The van der Waals surface area contributed by atoms with Gasteiger partial charge in [-0.2, -0.15) is 0 Å². The zero-order chi connectivity index (χ0) is 14.4. The van der Waals surface area contributed by atoms with E-state index in [1.54, 1.807) is 12.1 Å². The van der Waals surface area contributed by atoms with Crippen LogP contribution in [-0.4, -0.2) is 18.8 Å². The van der Waals surface area contributed by atoms with Crippen LogP contribution in [0.4, 0.5) is 4.39 Å². The first-order valence-corrected chi connectivity index (χ1v) is 7.82. The smallest absolute Gasteiger partial charge is 0.123 e. The van der Waals surface area contributed by atoms with E-state index in [2.05, 4.69) is 0 Å². The number of benzene rings is 1. The lowest BCUT2D eigenvalue weighted by Gasteiger charge is -2.34. The summed E-state index contributed by atoms with van der Waals surface area (Å²) in [7, 11) is 0. The Labute approximate surface area is 121 Å². The van der Waals surface area contributed by atoms with Crippen LogP contribution in [-0.2, 0) is 11.2 Å². The van der Waals surface area contributed by atoms with Crippen molar-refractivity contribution in [2.45, 2.75) is 57.6 Å². The normalized spacial score (nSPS) is 19.8. The van der Waals surface area contributed by atoms with Crippen LogP contribution in [0.5, 0.6) is 0 Å². The highest BCUT2D eigenvalue weighted by atomic mass is 19.1. The van der Waals surface area contributed by atoms with Gasteiger partial charge in [0, 0.05) is 12.6 Å². The second-order valence-corrected chi connectivity index (χ2v) is 5.82. The molecule has 2 rings (SSSR count). The van der Waals surface area contributed by atoms with Gasteiger partial charge in [-0.15, -0.1) is 0 Å². The fourth-order valence-electron chi connectivity index (χ4n) is 3.32. The van der Waals surface area contributed by atoms with Gasteiger partial charge in [-0.1, -0.05) is 31.4 Å². The average Bonchev–Trinajstić information content (AvgIpc) is 2.45. The molecule has 1 aliphatic carbocycles. The van der Waals surface area contributed by atoms with Gasteiger partial charge < -0.3 is 10.5 Å². The van der Waals surface area contributed by atoms with Gasteiger partial charge in [-0.05, 0) is 49.8 Å². The maximum Gasteiger partial charge on any atom is 0.123 e. The maximum atomic E-state index is 13.2. The predicted octanol–water partition coefficient (Wildman–Crippen LogP) is 3.68. The second-order valence-electron chi connectivity index (χ2n) is 5.82. The molecule has 112 valence electrons.